The van der Waals surface area contributed by atoms with Gasteiger partial charge in [0.1, 0.15) is 0 Å². The van der Waals surface area contributed by atoms with Gasteiger partial charge in [0, 0.05) is 5.69 Å². The largest absolute Gasteiger partial charge is 0.399 e. The molecule has 1 aromatic rings. The minimum atomic E-state index is 0.856. The molecule has 0 aliphatic carbocycles. The first kappa shape index (κ1) is 7.13. The van der Waals surface area contributed by atoms with Crippen LogP contribution in [0.15, 0.2) is 18.2 Å². The van der Waals surface area contributed by atoms with Crippen LogP contribution in [0, 0.1) is 6.92 Å². The summed E-state index contributed by atoms with van der Waals surface area (Å²) in [5.41, 5.74) is 9.12. The van der Waals surface area contributed by atoms with Crippen molar-refractivity contribution in [1.29, 1.82) is 0 Å². The van der Waals surface area contributed by atoms with Crippen LogP contribution in [0.3, 0.4) is 0 Å². The van der Waals surface area contributed by atoms with E-state index >= 15 is 0 Å². The Hall–Kier alpha value is -0.980. The molecule has 1 heteroatoms. The molecule has 0 heterocycles. The summed E-state index contributed by atoms with van der Waals surface area (Å²) in [5.74, 6) is 0. The van der Waals surface area contributed by atoms with Crippen molar-refractivity contribution in [3.05, 3.63) is 29.3 Å². The summed E-state index contributed by atoms with van der Waals surface area (Å²) in [4.78, 5) is 0. The Bertz CT molecular complexity index is 228. The lowest BCUT2D eigenvalue weighted by atomic mass is 10.1. The monoisotopic (exact) mass is 135 g/mol. The Kier molecular flexibility index (Phi) is 1.95. The van der Waals surface area contributed by atoms with Crippen molar-refractivity contribution >= 4 is 5.69 Å². The lowest BCUT2D eigenvalue weighted by molar-refractivity contribution is 1.11. The van der Waals surface area contributed by atoms with Crippen molar-refractivity contribution in [2.24, 2.45) is 0 Å². The van der Waals surface area contributed by atoms with Crippen LogP contribution in [-0.4, -0.2) is 0 Å². The molecule has 0 saturated carbocycles. The molecule has 1 aromatic carbocycles. The number of nitrogen functional groups attached to an aromatic ring is 1. The molecule has 0 aromatic heterocycles. The second kappa shape index (κ2) is 2.74. The van der Waals surface area contributed by atoms with E-state index in [-0.39, 0.29) is 0 Å². The molecule has 0 aliphatic rings. The number of benzene rings is 1. The highest BCUT2D eigenvalue weighted by molar-refractivity contribution is 5.44. The number of nitrogens with two attached hydrogens (primary N) is 1. The predicted octanol–water partition coefficient (Wildman–Crippen LogP) is 2.14. The lowest BCUT2D eigenvalue weighted by Gasteiger charge is -2.02. The number of hydrogen-bond acceptors (Lipinski definition) is 1. The van der Waals surface area contributed by atoms with Crippen molar-refractivity contribution in [3.8, 4) is 0 Å². The van der Waals surface area contributed by atoms with E-state index in [9.17, 15) is 0 Å². The standard InChI is InChI=1S/C9H13N/c1-3-8-4-5-9(10)6-7(8)2/h4-6H,3,10H2,1-2H3. The summed E-state index contributed by atoms with van der Waals surface area (Å²) in [5, 5.41) is 0. The van der Waals surface area contributed by atoms with Crippen LogP contribution in [-0.2, 0) is 6.42 Å². The van der Waals surface area contributed by atoms with E-state index < -0.39 is 0 Å². The van der Waals surface area contributed by atoms with Crippen LogP contribution in [0.4, 0.5) is 5.69 Å². The van der Waals surface area contributed by atoms with Crippen molar-refractivity contribution in [2.45, 2.75) is 20.3 Å². The molecule has 10 heavy (non-hydrogen) atoms. The highest BCUT2D eigenvalue weighted by atomic mass is 14.5. The minimum absolute atomic E-state index is 0.856. The van der Waals surface area contributed by atoms with E-state index in [0.29, 0.717) is 0 Å². The van der Waals surface area contributed by atoms with Gasteiger partial charge in [0.2, 0.25) is 0 Å². The normalized spacial score (nSPS) is 9.80. The summed E-state index contributed by atoms with van der Waals surface area (Å²) in [6.45, 7) is 4.24. The van der Waals surface area contributed by atoms with E-state index in [4.69, 9.17) is 5.73 Å². The van der Waals surface area contributed by atoms with Gasteiger partial charge in [-0.2, -0.15) is 0 Å². The average molecular weight is 135 g/mol. The summed E-state index contributed by atoms with van der Waals surface area (Å²) in [6.07, 6.45) is 1.09. The third kappa shape index (κ3) is 1.29. The van der Waals surface area contributed by atoms with E-state index in [2.05, 4.69) is 19.9 Å². The molecule has 0 fully saturated rings. The average Bonchev–Trinajstić information content (AvgIpc) is 1.88. The molecule has 0 amide bonds. The molecule has 1 rings (SSSR count). The van der Waals surface area contributed by atoms with Gasteiger partial charge < -0.3 is 5.73 Å². The molecule has 54 valence electrons. The van der Waals surface area contributed by atoms with Gasteiger partial charge in [-0.3, -0.25) is 0 Å². The summed E-state index contributed by atoms with van der Waals surface area (Å²) >= 11 is 0. The second-order valence-corrected chi connectivity index (χ2v) is 2.54. The summed E-state index contributed by atoms with van der Waals surface area (Å²) < 4.78 is 0. The van der Waals surface area contributed by atoms with E-state index in [1.165, 1.54) is 11.1 Å². The van der Waals surface area contributed by atoms with Gasteiger partial charge in [-0.05, 0) is 36.6 Å². The maximum Gasteiger partial charge on any atom is 0.0316 e. The van der Waals surface area contributed by atoms with Crippen LogP contribution in [0.1, 0.15) is 18.1 Å². The minimum Gasteiger partial charge on any atom is -0.399 e. The molecule has 0 spiro atoms. The molecule has 1 nitrogen and oxygen atoms in total. The second-order valence-electron chi connectivity index (χ2n) is 2.54. The number of rotatable bonds is 1. The van der Waals surface area contributed by atoms with Crippen molar-refractivity contribution in [2.75, 3.05) is 5.73 Å². The third-order valence-electron chi connectivity index (χ3n) is 1.75. The molecule has 0 bridgehead atoms. The lowest BCUT2D eigenvalue weighted by Crippen LogP contribution is -1.89. The van der Waals surface area contributed by atoms with Crippen LogP contribution >= 0.6 is 0 Å². The SMILES string of the molecule is CCc1ccc(N)cc1C. The summed E-state index contributed by atoms with van der Waals surface area (Å²) in [6, 6.07) is 6.05. The molecule has 0 radical (unpaired) electrons. The smallest absolute Gasteiger partial charge is 0.0316 e. The molecule has 2 N–H and O–H groups in total. The van der Waals surface area contributed by atoms with Crippen LogP contribution in [0.5, 0.6) is 0 Å². The highest BCUT2D eigenvalue weighted by Gasteiger charge is 1.93. The first-order valence-electron chi connectivity index (χ1n) is 3.59. The fraction of sp³-hybridized carbons (Fsp3) is 0.333. The number of anilines is 1. The Morgan fingerprint density at radius 3 is 2.60 bits per heavy atom. The van der Waals surface area contributed by atoms with Gasteiger partial charge in [0.05, 0.1) is 0 Å². The first-order valence-corrected chi connectivity index (χ1v) is 3.59. The van der Waals surface area contributed by atoms with Crippen molar-refractivity contribution < 1.29 is 0 Å². The zero-order chi connectivity index (χ0) is 7.56. The van der Waals surface area contributed by atoms with E-state index in [1.54, 1.807) is 0 Å². The Morgan fingerprint density at radius 1 is 1.40 bits per heavy atom. The quantitative estimate of drug-likeness (QED) is 0.586. The molecule has 0 unspecified atom stereocenters. The molecular formula is C9H13N. The van der Waals surface area contributed by atoms with Gasteiger partial charge >= 0.3 is 0 Å². The zero-order valence-corrected chi connectivity index (χ0v) is 6.52. The zero-order valence-electron chi connectivity index (χ0n) is 6.52. The fourth-order valence-electron chi connectivity index (χ4n) is 1.12. The van der Waals surface area contributed by atoms with Gasteiger partial charge in [-0.1, -0.05) is 13.0 Å². The summed E-state index contributed by atoms with van der Waals surface area (Å²) in [7, 11) is 0. The molecule has 0 atom stereocenters. The number of hydrogen-bond donors (Lipinski definition) is 1. The van der Waals surface area contributed by atoms with Gasteiger partial charge in [0.25, 0.3) is 0 Å². The van der Waals surface area contributed by atoms with Crippen LogP contribution < -0.4 is 5.73 Å². The Morgan fingerprint density at radius 2 is 2.10 bits per heavy atom. The Labute approximate surface area is 61.9 Å². The molecule has 0 saturated heterocycles. The number of aryl methyl sites for hydroxylation is 2. The van der Waals surface area contributed by atoms with Crippen molar-refractivity contribution in [3.63, 3.8) is 0 Å². The molecular weight excluding hydrogens is 122 g/mol. The van der Waals surface area contributed by atoms with Crippen molar-refractivity contribution in [1.82, 2.24) is 0 Å². The first-order chi connectivity index (χ1) is 4.74. The predicted molar refractivity (Wildman–Crippen MR) is 45.0 cm³/mol. The van der Waals surface area contributed by atoms with Crippen LogP contribution in [0.2, 0.25) is 0 Å². The van der Waals surface area contributed by atoms with Gasteiger partial charge in [-0.15, -0.1) is 0 Å². The fourth-order valence-corrected chi connectivity index (χ4v) is 1.12. The maximum atomic E-state index is 5.58. The van der Waals surface area contributed by atoms with E-state index in [0.717, 1.165) is 12.1 Å². The van der Waals surface area contributed by atoms with Crippen LogP contribution in [0.25, 0.3) is 0 Å². The third-order valence-corrected chi connectivity index (χ3v) is 1.75. The van der Waals surface area contributed by atoms with Gasteiger partial charge in [-0.25, -0.2) is 0 Å². The molecule has 0 aliphatic heterocycles. The Balaban J connectivity index is 3.07. The van der Waals surface area contributed by atoms with E-state index in [1.807, 2.05) is 12.1 Å². The maximum absolute atomic E-state index is 5.58. The van der Waals surface area contributed by atoms with Gasteiger partial charge in [0.15, 0.2) is 0 Å². The topological polar surface area (TPSA) is 26.0 Å². The highest BCUT2D eigenvalue weighted by Crippen LogP contribution is 2.12.